The second kappa shape index (κ2) is 8.48. The number of rotatable bonds is 8. The normalized spacial score (nSPS) is 10.1. The van der Waals surface area contributed by atoms with Crippen molar-refractivity contribution in [3.05, 3.63) is 47.5 Å². The number of aromatic carboxylic acids is 1. The number of carboxylic acid groups (broad SMARTS) is 2. The number of nitrogens with one attached hydrogen (secondary N) is 1. The standard InChI is InChI=1S/C18H18N4O5/c19-18(20)22-12-3-1-2-11(8-12)13-6-4-10(5-7-14(24)25)15(17(26)27)16(13)21-9-23/h1-4,6,8-9H,5,7H2,(H,21,23)(H,24,25)(H,26,27)(H4,19,20,22). The van der Waals surface area contributed by atoms with Gasteiger partial charge in [-0.05, 0) is 29.7 Å². The Kier molecular flexibility index (Phi) is 6.10. The number of benzene rings is 2. The lowest BCUT2D eigenvalue weighted by Crippen LogP contribution is -2.21. The molecule has 9 nitrogen and oxygen atoms in total. The molecule has 140 valence electrons. The predicted molar refractivity (Wildman–Crippen MR) is 100.0 cm³/mol. The zero-order valence-electron chi connectivity index (χ0n) is 14.2. The molecule has 0 unspecified atom stereocenters. The highest BCUT2D eigenvalue weighted by Gasteiger charge is 2.20. The second-order valence-corrected chi connectivity index (χ2v) is 5.57. The number of nitrogens with zero attached hydrogens (tertiary/aromatic N) is 1. The van der Waals surface area contributed by atoms with Crippen molar-refractivity contribution in [3.63, 3.8) is 0 Å². The minimum absolute atomic E-state index is 0.0127. The van der Waals surface area contributed by atoms with Crippen LogP contribution in [-0.2, 0) is 16.0 Å². The fourth-order valence-electron chi connectivity index (χ4n) is 2.68. The summed E-state index contributed by atoms with van der Waals surface area (Å²) in [5.74, 6) is -2.46. The first kappa shape index (κ1) is 19.4. The van der Waals surface area contributed by atoms with Crippen LogP contribution in [0.4, 0.5) is 11.4 Å². The van der Waals surface area contributed by atoms with Gasteiger partial charge in [-0.25, -0.2) is 9.79 Å². The van der Waals surface area contributed by atoms with Gasteiger partial charge >= 0.3 is 11.9 Å². The monoisotopic (exact) mass is 370 g/mol. The number of hydrogen-bond donors (Lipinski definition) is 5. The van der Waals surface area contributed by atoms with Gasteiger partial charge in [-0.15, -0.1) is 0 Å². The van der Waals surface area contributed by atoms with Crippen molar-refractivity contribution < 1.29 is 24.6 Å². The number of anilines is 1. The number of guanidine groups is 1. The average Bonchev–Trinajstić information content (AvgIpc) is 2.59. The predicted octanol–water partition coefficient (Wildman–Crippen LogP) is 1.54. The van der Waals surface area contributed by atoms with Crippen molar-refractivity contribution in [2.75, 3.05) is 5.32 Å². The fraction of sp³-hybridized carbons (Fsp3) is 0.111. The lowest BCUT2D eigenvalue weighted by molar-refractivity contribution is -0.137. The zero-order valence-corrected chi connectivity index (χ0v) is 14.2. The van der Waals surface area contributed by atoms with Gasteiger partial charge in [0.1, 0.15) is 0 Å². The molecule has 0 saturated heterocycles. The van der Waals surface area contributed by atoms with Gasteiger partial charge in [0.05, 0.1) is 16.9 Å². The molecule has 27 heavy (non-hydrogen) atoms. The van der Waals surface area contributed by atoms with Crippen molar-refractivity contribution in [3.8, 4) is 11.1 Å². The van der Waals surface area contributed by atoms with Gasteiger partial charge < -0.3 is 27.0 Å². The Hall–Kier alpha value is -3.88. The molecule has 0 aliphatic carbocycles. The van der Waals surface area contributed by atoms with Crippen LogP contribution in [0, 0.1) is 0 Å². The van der Waals surface area contributed by atoms with Crippen molar-refractivity contribution in [1.29, 1.82) is 0 Å². The highest BCUT2D eigenvalue weighted by Crippen LogP contribution is 2.35. The van der Waals surface area contributed by atoms with Gasteiger partial charge in [0.2, 0.25) is 6.41 Å². The van der Waals surface area contributed by atoms with E-state index in [9.17, 15) is 19.5 Å². The summed E-state index contributed by atoms with van der Waals surface area (Å²) in [6, 6.07) is 9.83. The van der Waals surface area contributed by atoms with Gasteiger partial charge in [-0.3, -0.25) is 9.59 Å². The Morgan fingerprint density at radius 2 is 1.89 bits per heavy atom. The van der Waals surface area contributed by atoms with Crippen LogP contribution in [0.3, 0.4) is 0 Å². The maximum absolute atomic E-state index is 11.8. The summed E-state index contributed by atoms with van der Waals surface area (Å²) in [6.45, 7) is 0. The molecule has 0 radical (unpaired) electrons. The van der Waals surface area contributed by atoms with Crippen LogP contribution in [0.5, 0.6) is 0 Å². The van der Waals surface area contributed by atoms with Crippen molar-refractivity contribution in [2.45, 2.75) is 12.8 Å². The molecule has 0 aliphatic heterocycles. The van der Waals surface area contributed by atoms with Crippen LogP contribution in [0.1, 0.15) is 22.3 Å². The number of aliphatic carboxylic acids is 1. The Labute approximate surface area is 154 Å². The maximum atomic E-state index is 11.8. The number of hydrogen-bond acceptors (Lipinski definition) is 4. The number of carbonyl (C=O) groups excluding carboxylic acids is 1. The summed E-state index contributed by atoms with van der Waals surface area (Å²) in [4.78, 5) is 37.6. The van der Waals surface area contributed by atoms with Crippen LogP contribution in [-0.4, -0.2) is 34.5 Å². The minimum atomic E-state index is -1.28. The molecule has 0 fully saturated rings. The van der Waals surface area contributed by atoms with Crippen LogP contribution in [0.25, 0.3) is 11.1 Å². The Bertz CT molecular complexity index is 920. The smallest absolute Gasteiger partial charge is 0.338 e. The molecule has 0 aliphatic rings. The van der Waals surface area contributed by atoms with E-state index in [-0.39, 0.29) is 30.1 Å². The molecule has 0 atom stereocenters. The lowest BCUT2D eigenvalue weighted by atomic mass is 9.93. The first-order valence-electron chi connectivity index (χ1n) is 7.84. The quantitative estimate of drug-likeness (QED) is 0.267. The zero-order chi connectivity index (χ0) is 20.0. The molecule has 7 N–H and O–H groups in total. The van der Waals surface area contributed by atoms with Gasteiger partial charge in [-0.1, -0.05) is 24.3 Å². The molecule has 0 heterocycles. The van der Waals surface area contributed by atoms with Crippen LogP contribution in [0.15, 0.2) is 41.4 Å². The Morgan fingerprint density at radius 1 is 1.15 bits per heavy atom. The van der Waals surface area contributed by atoms with Crippen LogP contribution < -0.4 is 16.8 Å². The number of nitrogens with two attached hydrogens (primary N) is 2. The highest BCUT2D eigenvalue weighted by molar-refractivity contribution is 6.03. The van der Waals surface area contributed by atoms with E-state index >= 15 is 0 Å². The van der Waals surface area contributed by atoms with Crippen molar-refractivity contribution >= 4 is 35.7 Å². The van der Waals surface area contributed by atoms with E-state index in [0.717, 1.165) is 0 Å². The molecule has 0 spiro atoms. The molecule has 1 amide bonds. The maximum Gasteiger partial charge on any atom is 0.338 e. The lowest BCUT2D eigenvalue weighted by Gasteiger charge is -2.16. The van der Waals surface area contributed by atoms with Gasteiger partial charge in [0.15, 0.2) is 5.96 Å². The van der Waals surface area contributed by atoms with Crippen LogP contribution in [0.2, 0.25) is 0 Å². The molecule has 0 saturated carbocycles. The molecule has 2 aromatic rings. The number of aliphatic imine (C=N–C) groups is 1. The molecular formula is C18H18N4O5. The number of aryl methyl sites for hydroxylation is 1. The van der Waals surface area contributed by atoms with E-state index in [1.54, 1.807) is 30.3 Å². The van der Waals surface area contributed by atoms with Crippen molar-refractivity contribution in [2.24, 2.45) is 16.5 Å². The highest BCUT2D eigenvalue weighted by atomic mass is 16.4. The second-order valence-electron chi connectivity index (χ2n) is 5.57. The molecular weight excluding hydrogens is 352 g/mol. The van der Waals surface area contributed by atoms with E-state index in [1.165, 1.54) is 6.07 Å². The third kappa shape index (κ3) is 4.82. The number of carboxylic acids is 2. The SMILES string of the molecule is NC(N)=Nc1cccc(-c2ccc(CCC(=O)O)c(C(=O)O)c2NC=O)c1. The molecule has 2 aromatic carbocycles. The summed E-state index contributed by atoms with van der Waals surface area (Å²) >= 11 is 0. The first-order chi connectivity index (χ1) is 12.8. The number of amides is 1. The fourth-order valence-corrected chi connectivity index (χ4v) is 2.68. The molecule has 2 rings (SSSR count). The molecule has 0 aromatic heterocycles. The summed E-state index contributed by atoms with van der Waals surface area (Å²) in [7, 11) is 0. The largest absolute Gasteiger partial charge is 0.481 e. The summed E-state index contributed by atoms with van der Waals surface area (Å²) in [5.41, 5.74) is 12.4. The van der Waals surface area contributed by atoms with E-state index in [0.29, 0.717) is 28.8 Å². The average molecular weight is 370 g/mol. The van der Waals surface area contributed by atoms with E-state index in [1.807, 2.05) is 0 Å². The van der Waals surface area contributed by atoms with Gasteiger partial charge in [-0.2, -0.15) is 0 Å². The van der Waals surface area contributed by atoms with E-state index in [4.69, 9.17) is 16.6 Å². The topological polar surface area (TPSA) is 168 Å². The minimum Gasteiger partial charge on any atom is -0.481 e. The molecule has 0 bridgehead atoms. The Balaban J connectivity index is 2.65. The summed E-state index contributed by atoms with van der Waals surface area (Å²) in [6.07, 6.45) is 0.144. The Morgan fingerprint density at radius 3 is 2.48 bits per heavy atom. The van der Waals surface area contributed by atoms with E-state index < -0.39 is 11.9 Å². The van der Waals surface area contributed by atoms with E-state index in [2.05, 4.69) is 10.3 Å². The van der Waals surface area contributed by atoms with Crippen molar-refractivity contribution in [1.82, 2.24) is 0 Å². The van der Waals surface area contributed by atoms with Gasteiger partial charge in [0, 0.05) is 12.0 Å². The third-order valence-electron chi connectivity index (χ3n) is 3.73. The molecule has 9 heteroatoms. The summed E-state index contributed by atoms with van der Waals surface area (Å²) < 4.78 is 0. The third-order valence-corrected chi connectivity index (χ3v) is 3.73. The first-order valence-corrected chi connectivity index (χ1v) is 7.84. The van der Waals surface area contributed by atoms with Gasteiger partial charge in [0.25, 0.3) is 0 Å². The van der Waals surface area contributed by atoms with Crippen LogP contribution >= 0.6 is 0 Å². The number of carbonyl (C=O) groups is 3. The summed E-state index contributed by atoms with van der Waals surface area (Å²) in [5, 5.41) is 20.9.